The smallest absolute Gasteiger partial charge is 0.304 e. The number of anilines is 2. The number of carbonyl (C=O) groups excluding carboxylic acids is 3. The lowest BCUT2D eigenvalue weighted by Crippen LogP contribution is -2.54. The van der Waals surface area contributed by atoms with Crippen LogP contribution in [0.5, 0.6) is 0 Å². The third kappa shape index (κ3) is 5.69. The van der Waals surface area contributed by atoms with E-state index in [1.807, 2.05) is 37.3 Å². The third-order valence-electron chi connectivity index (χ3n) is 9.26. The minimum absolute atomic E-state index is 0.0305. The number of aromatic nitrogens is 3. The Hall–Kier alpha value is -3.46. The summed E-state index contributed by atoms with van der Waals surface area (Å²) in [4.78, 5) is 41.8. The van der Waals surface area contributed by atoms with E-state index in [9.17, 15) is 19.5 Å². The van der Waals surface area contributed by atoms with E-state index in [0.29, 0.717) is 42.0 Å². The van der Waals surface area contributed by atoms with Crippen LogP contribution in [-0.2, 0) is 49.0 Å². The molecule has 6 rings (SSSR count). The van der Waals surface area contributed by atoms with Crippen LogP contribution >= 0.6 is 15.9 Å². The summed E-state index contributed by atoms with van der Waals surface area (Å²) in [6.07, 6.45) is 1.51. The molecule has 244 valence electrons. The van der Waals surface area contributed by atoms with Crippen LogP contribution in [0.15, 0.2) is 53.1 Å². The third-order valence-corrected chi connectivity index (χ3v) is 12.2. The predicted octanol–water partition coefficient (Wildman–Crippen LogP) is 4.61. The lowest BCUT2D eigenvalue weighted by Gasteiger charge is -2.39. The second-order valence-electron chi connectivity index (χ2n) is 12.8. The van der Waals surface area contributed by atoms with Crippen LogP contribution in [0, 0.1) is 5.92 Å². The maximum atomic E-state index is 16.2. The van der Waals surface area contributed by atoms with E-state index in [4.69, 9.17) is 9.47 Å². The number of aliphatic hydroxyl groups is 1. The first kappa shape index (κ1) is 32.5. The summed E-state index contributed by atoms with van der Waals surface area (Å²) < 4.78 is 30.8. The van der Waals surface area contributed by atoms with Crippen LogP contribution in [0.25, 0.3) is 0 Å². The van der Waals surface area contributed by atoms with Crippen molar-refractivity contribution in [3.05, 3.63) is 70.0 Å². The van der Waals surface area contributed by atoms with Crippen molar-refractivity contribution in [1.29, 1.82) is 0 Å². The van der Waals surface area contributed by atoms with Gasteiger partial charge in [0.2, 0.25) is 14.3 Å². The van der Waals surface area contributed by atoms with Gasteiger partial charge in [0.05, 0.1) is 30.5 Å². The van der Waals surface area contributed by atoms with E-state index in [1.165, 1.54) is 11.8 Å². The fourth-order valence-electron chi connectivity index (χ4n) is 7.35. The summed E-state index contributed by atoms with van der Waals surface area (Å²) in [7, 11) is -3.35. The molecule has 1 aromatic heterocycles. The number of esters is 1. The fraction of sp³-hybridized carbons (Fsp3) is 0.469. The van der Waals surface area contributed by atoms with Gasteiger partial charge in [0, 0.05) is 59.9 Å². The predicted molar refractivity (Wildman–Crippen MR) is 173 cm³/mol. The van der Waals surface area contributed by atoms with Crippen LogP contribution in [0.4, 0.5) is 15.5 Å². The van der Waals surface area contributed by atoms with Gasteiger partial charge >= 0.3 is 5.97 Å². The number of hydrogen-bond acceptors (Lipinski definition) is 8. The van der Waals surface area contributed by atoms with Gasteiger partial charge in [-0.15, -0.1) is 5.10 Å². The Morgan fingerprint density at radius 2 is 2.02 bits per heavy atom. The molecule has 1 N–H and O–H groups in total. The highest BCUT2D eigenvalue weighted by Crippen LogP contribution is 2.60. The highest BCUT2D eigenvalue weighted by Gasteiger charge is 2.66. The largest absolute Gasteiger partial charge is 0.441 e. The number of nitrogens with zero attached hydrogens (tertiary/aromatic N) is 5. The molecule has 4 heterocycles. The maximum absolute atomic E-state index is 16.2. The zero-order valence-corrected chi connectivity index (χ0v) is 28.7. The van der Waals surface area contributed by atoms with Gasteiger partial charge in [0.1, 0.15) is 0 Å². The van der Waals surface area contributed by atoms with Crippen LogP contribution in [0.2, 0.25) is 18.6 Å². The van der Waals surface area contributed by atoms with Gasteiger partial charge in [0.15, 0.2) is 11.8 Å². The molecule has 11 nitrogen and oxygen atoms in total. The molecule has 46 heavy (non-hydrogen) atoms. The number of amides is 2. The first-order valence-corrected chi connectivity index (χ1v) is 19.1. The standard InChI is InChI=1S/C32H37BrFN5O6Si/c1-19-30(46(3,4)34)27(10-12-37-18-23(11-13-40)35-36-37)45-32(19)25-15-22(33)8-9-26(25)38(31(32)43)17-21-6-5-7-24(14-21)39-28(42)16-29(39)44-20(2)41/h5-9,14-15,18-19,27,29-30,40H,10-13,16-17H2,1-4H3/t19-,27+,29?,30-,32+/m1/s1. The summed E-state index contributed by atoms with van der Waals surface area (Å²) in [5, 5.41) is 17.5. The molecule has 5 atom stereocenters. The number of aliphatic hydroxyl groups excluding tert-OH is 1. The lowest BCUT2D eigenvalue weighted by molar-refractivity contribution is -0.154. The van der Waals surface area contributed by atoms with E-state index < -0.39 is 43.8 Å². The van der Waals surface area contributed by atoms with Gasteiger partial charge in [-0.05, 0) is 55.4 Å². The van der Waals surface area contributed by atoms with Crippen molar-refractivity contribution in [3.8, 4) is 0 Å². The number of aryl methyl sites for hydroxylation is 1. The molecule has 1 spiro atoms. The minimum Gasteiger partial charge on any atom is -0.441 e. The summed E-state index contributed by atoms with van der Waals surface area (Å²) in [5.41, 5.74) is 1.53. The van der Waals surface area contributed by atoms with Gasteiger partial charge < -0.3 is 23.6 Å². The number of halogens is 2. The van der Waals surface area contributed by atoms with Crippen molar-refractivity contribution in [3.63, 3.8) is 0 Å². The number of β-lactam (4-membered cyclic amide) rings is 1. The van der Waals surface area contributed by atoms with Crippen molar-refractivity contribution in [1.82, 2.24) is 15.0 Å². The molecule has 2 saturated heterocycles. The Balaban J connectivity index is 1.31. The molecule has 1 unspecified atom stereocenters. The Labute approximate surface area is 276 Å². The topological polar surface area (TPSA) is 127 Å². The van der Waals surface area contributed by atoms with Crippen molar-refractivity contribution in [2.45, 2.75) is 82.8 Å². The number of hydrogen-bond donors (Lipinski definition) is 1. The van der Waals surface area contributed by atoms with E-state index >= 15 is 4.11 Å². The first-order chi connectivity index (χ1) is 21.8. The minimum atomic E-state index is -3.35. The number of carbonyl (C=O) groups is 3. The molecule has 14 heteroatoms. The number of benzene rings is 2. The zero-order valence-electron chi connectivity index (χ0n) is 26.2. The molecule has 3 aliphatic heterocycles. The molecule has 2 amide bonds. The normalized spacial score (nSPS) is 25.7. The van der Waals surface area contributed by atoms with Crippen molar-refractivity contribution >= 4 is 53.5 Å². The van der Waals surface area contributed by atoms with Crippen molar-refractivity contribution < 1.29 is 33.1 Å². The van der Waals surface area contributed by atoms with Gasteiger partial charge in [0.25, 0.3) is 5.91 Å². The summed E-state index contributed by atoms with van der Waals surface area (Å²) in [6.45, 7) is 7.15. The SMILES string of the molecule is CC(=O)OC1CC(=O)N1c1cccc(CN2C(=O)[C@@]3(O[C@@H](CCn4cc(CCO)nn4)[C@H]([Si](C)(C)F)[C@H]3C)c3cc(Br)ccc32)c1. The van der Waals surface area contributed by atoms with Gasteiger partial charge in [-0.2, -0.15) is 0 Å². The monoisotopic (exact) mass is 713 g/mol. The van der Waals surface area contributed by atoms with E-state index in [0.717, 1.165) is 10.0 Å². The van der Waals surface area contributed by atoms with Gasteiger partial charge in [-0.3, -0.25) is 24.0 Å². The molecular formula is C32H37BrFN5O6Si. The maximum Gasteiger partial charge on any atom is 0.304 e. The Morgan fingerprint density at radius 3 is 2.72 bits per heavy atom. The van der Waals surface area contributed by atoms with E-state index in [-0.39, 0.29) is 31.4 Å². The average Bonchev–Trinajstić information content (AvgIpc) is 3.62. The highest BCUT2D eigenvalue weighted by molar-refractivity contribution is 9.10. The fourth-order valence-corrected chi connectivity index (χ4v) is 10.3. The molecule has 2 fully saturated rings. The number of fused-ring (bicyclic) bond motifs is 2. The van der Waals surface area contributed by atoms with Crippen molar-refractivity contribution in [2.75, 3.05) is 16.4 Å². The number of rotatable bonds is 10. The summed E-state index contributed by atoms with van der Waals surface area (Å²) in [5.74, 6) is -1.34. The zero-order chi connectivity index (χ0) is 33.0. The molecule has 3 aromatic rings. The van der Waals surface area contributed by atoms with Crippen LogP contribution < -0.4 is 9.80 Å². The van der Waals surface area contributed by atoms with E-state index in [2.05, 4.69) is 26.2 Å². The van der Waals surface area contributed by atoms with Crippen LogP contribution in [-0.4, -0.2) is 65.2 Å². The Bertz CT molecular complexity index is 1680. The summed E-state index contributed by atoms with van der Waals surface area (Å²) in [6, 6.07) is 12.9. The molecule has 3 aliphatic rings. The van der Waals surface area contributed by atoms with Crippen molar-refractivity contribution in [2.24, 2.45) is 5.92 Å². The average molecular weight is 715 g/mol. The Kier molecular flexibility index (Phi) is 8.67. The summed E-state index contributed by atoms with van der Waals surface area (Å²) >= 11 is 3.58. The van der Waals surface area contributed by atoms with Crippen LogP contribution in [0.1, 0.15) is 43.5 Å². The Morgan fingerprint density at radius 1 is 1.24 bits per heavy atom. The molecule has 0 radical (unpaired) electrons. The molecular weight excluding hydrogens is 677 g/mol. The lowest BCUT2D eigenvalue weighted by atomic mass is 9.82. The second-order valence-corrected chi connectivity index (χ2v) is 17.5. The highest BCUT2D eigenvalue weighted by atomic mass is 79.9. The van der Waals surface area contributed by atoms with Gasteiger partial charge in [-0.25, -0.2) is 0 Å². The van der Waals surface area contributed by atoms with Crippen LogP contribution in [0.3, 0.4) is 0 Å². The quantitative estimate of drug-likeness (QED) is 0.140. The molecule has 0 aliphatic carbocycles. The van der Waals surface area contributed by atoms with Gasteiger partial charge in [-0.1, -0.05) is 40.2 Å². The molecule has 0 saturated carbocycles. The van der Waals surface area contributed by atoms with E-state index in [1.54, 1.807) is 41.0 Å². The molecule has 2 aromatic carbocycles. The number of ether oxygens (including phenoxy) is 2. The second kappa shape index (κ2) is 12.3. The first-order valence-electron chi connectivity index (χ1n) is 15.4. The molecule has 0 bridgehead atoms.